The number of carbonyl (C=O) groups excluding carboxylic acids is 1. The Kier molecular flexibility index (Phi) is 8.03. The number of amides is 1. The summed E-state index contributed by atoms with van der Waals surface area (Å²) in [5.41, 5.74) is 1.81. The molecule has 7 nitrogen and oxygen atoms in total. The zero-order valence-corrected chi connectivity index (χ0v) is 22.1. The third-order valence-corrected chi connectivity index (χ3v) is 7.74. The second-order valence-corrected chi connectivity index (χ2v) is 11.8. The fraction of sp³-hybridized carbons (Fsp3) is 0.586. The maximum absolute atomic E-state index is 14.0. The molecule has 1 aromatic carbocycles. The smallest absolute Gasteiger partial charge is 0.247 e. The Morgan fingerprint density at radius 1 is 1.17 bits per heavy atom. The Morgan fingerprint density at radius 3 is 2.42 bits per heavy atom. The normalized spacial score (nSPS) is 24.8. The lowest BCUT2D eigenvalue weighted by molar-refractivity contribution is -0.124. The number of hydrogen-bond donors (Lipinski definition) is 4. The molecule has 196 valence electrons. The third kappa shape index (κ3) is 5.90. The molecule has 1 saturated carbocycles. The fourth-order valence-corrected chi connectivity index (χ4v) is 5.56. The number of rotatable bonds is 7. The van der Waals surface area contributed by atoms with E-state index < -0.39 is 23.9 Å². The number of carbonyl (C=O) groups is 1. The minimum atomic E-state index is -1.07. The third-order valence-electron chi connectivity index (χ3n) is 7.74. The van der Waals surface area contributed by atoms with Crippen molar-refractivity contribution in [1.29, 1.82) is 0 Å². The molecule has 1 aromatic heterocycles. The molecule has 0 bridgehead atoms. The molecule has 2 heterocycles. The predicted octanol–water partition coefficient (Wildman–Crippen LogP) is 3.81. The summed E-state index contributed by atoms with van der Waals surface area (Å²) in [4.78, 5) is 20.1. The molecule has 1 aliphatic carbocycles. The van der Waals surface area contributed by atoms with E-state index in [0.29, 0.717) is 18.5 Å². The van der Waals surface area contributed by atoms with Crippen LogP contribution in [0.25, 0.3) is 0 Å². The van der Waals surface area contributed by atoms with Gasteiger partial charge in [-0.1, -0.05) is 58.2 Å². The molecule has 2 aromatic rings. The molecule has 2 aliphatic rings. The van der Waals surface area contributed by atoms with Crippen LogP contribution in [0.5, 0.6) is 0 Å². The summed E-state index contributed by atoms with van der Waals surface area (Å²) in [5, 5.41) is 28.8. The van der Waals surface area contributed by atoms with Crippen molar-refractivity contribution in [2.75, 3.05) is 11.4 Å². The molecule has 7 heteroatoms. The van der Waals surface area contributed by atoms with Gasteiger partial charge in [0.1, 0.15) is 12.3 Å². The van der Waals surface area contributed by atoms with Crippen LogP contribution in [0.1, 0.15) is 83.4 Å². The van der Waals surface area contributed by atoms with Crippen LogP contribution in [0.2, 0.25) is 0 Å². The van der Waals surface area contributed by atoms with Crippen LogP contribution in [0.4, 0.5) is 5.69 Å². The van der Waals surface area contributed by atoms with E-state index in [-0.39, 0.29) is 17.4 Å². The van der Waals surface area contributed by atoms with Crippen molar-refractivity contribution < 1.29 is 15.0 Å². The summed E-state index contributed by atoms with van der Waals surface area (Å²) >= 11 is 0. The molecule has 4 N–H and O–H groups in total. The molecule has 4 rings (SSSR count). The highest BCUT2D eigenvalue weighted by molar-refractivity contribution is 5.87. The molecule has 0 radical (unpaired) electrons. The topological polar surface area (TPSA) is 97.7 Å². The predicted molar refractivity (Wildman–Crippen MR) is 143 cm³/mol. The molecule has 4 atom stereocenters. The second kappa shape index (κ2) is 10.9. The molecule has 2 fully saturated rings. The lowest BCUT2D eigenvalue weighted by Gasteiger charge is -2.44. The molecule has 2 unspecified atom stereocenters. The van der Waals surface area contributed by atoms with Gasteiger partial charge < -0.3 is 25.7 Å². The summed E-state index contributed by atoms with van der Waals surface area (Å²) in [5.74, 6) is -0.143. The van der Waals surface area contributed by atoms with Crippen molar-refractivity contribution >= 4 is 11.6 Å². The van der Waals surface area contributed by atoms with Crippen LogP contribution in [0.15, 0.2) is 48.8 Å². The molecule has 1 amide bonds. The highest BCUT2D eigenvalue weighted by Crippen LogP contribution is 2.37. The van der Waals surface area contributed by atoms with Gasteiger partial charge in [0.05, 0.1) is 11.6 Å². The quantitative estimate of drug-likeness (QED) is 0.437. The monoisotopic (exact) mass is 494 g/mol. The van der Waals surface area contributed by atoms with Gasteiger partial charge in [-0.15, -0.1) is 0 Å². The van der Waals surface area contributed by atoms with Gasteiger partial charge >= 0.3 is 0 Å². The number of β-amino-alcohol motifs (C(OH)–C–C–N with tert-alkyl or cyclic N) is 1. The number of benzene rings is 1. The number of hydrogen-bond acceptors (Lipinski definition) is 6. The van der Waals surface area contributed by atoms with Crippen LogP contribution >= 0.6 is 0 Å². The number of pyridine rings is 1. The standard InChI is InChI=1S/C29H42N4O3/c1-28(2,3)21-12-14-23(15-13-21)33(27(36)29(4)17-24(34)19-31-29)25(20-9-8-16-30-18-20)26(35)32-22-10-6-5-7-11-22/h8-9,12-16,18,22,24-25,27,31,34,36H,5-7,10-11,17,19H2,1-4H3,(H,32,35)/t24-,25?,27?,29+/m0/s1. The van der Waals surface area contributed by atoms with E-state index in [4.69, 9.17) is 0 Å². The van der Waals surface area contributed by atoms with E-state index in [1.54, 1.807) is 17.3 Å². The van der Waals surface area contributed by atoms with Crippen LogP contribution in [0.3, 0.4) is 0 Å². The van der Waals surface area contributed by atoms with Crippen LogP contribution in [0, 0.1) is 0 Å². The minimum absolute atomic E-state index is 0.0216. The number of aliphatic hydroxyl groups excluding tert-OH is 2. The number of aromatic nitrogens is 1. The van der Waals surface area contributed by atoms with Crippen LogP contribution in [-0.2, 0) is 10.2 Å². The first kappa shape index (κ1) is 26.6. The van der Waals surface area contributed by atoms with Crippen molar-refractivity contribution in [3.05, 3.63) is 59.9 Å². The highest BCUT2D eigenvalue weighted by Gasteiger charge is 2.46. The molecular weight excluding hydrogens is 452 g/mol. The van der Waals surface area contributed by atoms with Gasteiger partial charge in [-0.05, 0) is 55.4 Å². The van der Waals surface area contributed by atoms with Crippen LogP contribution < -0.4 is 15.5 Å². The van der Waals surface area contributed by atoms with Crippen molar-refractivity contribution in [2.24, 2.45) is 0 Å². The zero-order valence-electron chi connectivity index (χ0n) is 22.1. The second-order valence-electron chi connectivity index (χ2n) is 11.8. The van der Waals surface area contributed by atoms with E-state index in [9.17, 15) is 15.0 Å². The Balaban J connectivity index is 1.77. The van der Waals surface area contributed by atoms with Gasteiger partial charge in [-0.25, -0.2) is 0 Å². The Hall–Kier alpha value is -2.48. The Bertz CT molecular complexity index is 1000. The van der Waals surface area contributed by atoms with E-state index in [0.717, 1.165) is 31.4 Å². The first-order valence-electron chi connectivity index (χ1n) is 13.3. The number of anilines is 1. The maximum Gasteiger partial charge on any atom is 0.247 e. The summed E-state index contributed by atoms with van der Waals surface area (Å²) in [7, 11) is 0. The maximum atomic E-state index is 14.0. The lowest BCUT2D eigenvalue weighted by atomic mass is 9.86. The van der Waals surface area contributed by atoms with E-state index in [1.165, 1.54) is 12.0 Å². The first-order chi connectivity index (χ1) is 17.1. The van der Waals surface area contributed by atoms with Crippen molar-refractivity contribution in [3.63, 3.8) is 0 Å². The van der Waals surface area contributed by atoms with E-state index in [1.807, 2.05) is 31.2 Å². The van der Waals surface area contributed by atoms with Gasteiger partial charge in [0.25, 0.3) is 0 Å². The number of nitrogens with one attached hydrogen (secondary N) is 2. The Labute approximate surface area is 215 Å². The SMILES string of the molecule is CC(C)(C)c1ccc(N(C(C(=O)NC2CCCCC2)c2cccnc2)C(O)[C@@]2(C)C[C@H](O)CN2)cc1. The largest absolute Gasteiger partial charge is 0.392 e. The Morgan fingerprint density at radius 2 is 1.86 bits per heavy atom. The molecule has 36 heavy (non-hydrogen) atoms. The molecule has 0 spiro atoms. The van der Waals surface area contributed by atoms with Gasteiger partial charge in [-0.2, -0.15) is 0 Å². The lowest BCUT2D eigenvalue weighted by Crippen LogP contribution is -2.59. The van der Waals surface area contributed by atoms with Gasteiger partial charge in [0.15, 0.2) is 0 Å². The fourth-order valence-electron chi connectivity index (χ4n) is 5.56. The number of aliphatic hydroxyl groups is 2. The van der Waals surface area contributed by atoms with E-state index >= 15 is 0 Å². The highest BCUT2D eigenvalue weighted by atomic mass is 16.3. The summed E-state index contributed by atoms with van der Waals surface area (Å²) in [6, 6.07) is 11.2. The summed E-state index contributed by atoms with van der Waals surface area (Å²) in [6.45, 7) is 8.79. The van der Waals surface area contributed by atoms with Gasteiger partial charge in [-0.3, -0.25) is 9.78 Å². The number of nitrogens with zero attached hydrogens (tertiary/aromatic N) is 2. The van der Waals surface area contributed by atoms with E-state index in [2.05, 4.69) is 48.5 Å². The average Bonchev–Trinajstić information content (AvgIpc) is 3.22. The molecular formula is C29H42N4O3. The summed E-state index contributed by atoms with van der Waals surface area (Å²) in [6.07, 6.45) is 7.53. The average molecular weight is 495 g/mol. The zero-order chi connectivity index (χ0) is 25.9. The first-order valence-corrected chi connectivity index (χ1v) is 13.3. The van der Waals surface area contributed by atoms with Crippen molar-refractivity contribution in [2.45, 2.75) is 102 Å². The summed E-state index contributed by atoms with van der Waals surface area (Å²) < 4.78 is 0. The van der Waals surface area contributed by atoms with Gasteiger partial charge in [0.2, 0.25) is 5.91 Å². The minimum Gasteiger partial charge on any atom is -0.392 e. The molecule has 1 saturated heterocycles. The van der Waals surface area contributed by atoms with Crippen molar-refractivity contribution in [1.82, 2.24) is 15.6 Å². The van der Waals surface area contributed by atoms with Crippen LogP contribution in [-0.4, -0.2) is 51.6 Å². The molecule has 1 aliphatic heterocycles. The van der Waals surface area contributed by atoms with Crippen molar-refractivity contribution in [3.8, 4) is 0 Å². The van der Waals surface area contributed by atoms with Gasteiger partial charge in [0, 0.05) is 36.2 Å².